The molecule has 0 spiro atoms. The highest BCUT2D eigenvalue weighted by molar-refractivity contribution is 7.90. The normalized spacial score (nSPS) is 13.1. The van der Waals surface area contributed by atoms with Crippen LogP contribution in [-0.4, -0.2) is 29.3 Å². The van der Waals surface area contributed by atoms with E-state index in [9.17, 15) is 18.3 Å². The van der Waals surface area contributed by atoms with Crippen molar-refractivity contribution in [2.24, 2.45) is 0 Å². The molecule has 3 aromatic rings. The molecule has 24 heavy (non-hydrogen) atoms. The summed E-state index contributed by atoms with van der Waals surface area (Å²) in [4.78, 5) is 16.8. The van der Waals surface area contributed by atoms with Crippen molar-refractivity contribution in [2.75, 3.05) is 6.26 Å². The van der Waals surface area contributed by atoms with Crippen LogP contribution < -0.4 is 5.56 Å². The Hall–Kier alpha value is -2.51. The van der Waals surface area contributed by atoms with Gasteiger partial charge in [0, 0.05) is 6.26 Å². The molecular formula is C17H16N2O4S. The summed E-state index contributed by atoms with van der Waals surface area (Å²) < 4.78 is 24.3. The molecule has 0 aliphatic heterocycles. The zero-order chi connectivity index (χ0) is 17.3. The van der Waals surface area contributed by atoms with Gasteiger partial charge < -0.3 is 5.11 Å². The molecule has 0 radical (unpaired) electrons. The van der Waals surface area contributed by atoms with E-state index in [0.29, 0.717) is 16.5 Å². The minimum absolute atomic E-state index is 0.0366. The van der Waals surface area contributed by atoms with Gasteiger partial charge in [0.15, 0.2) is 9.84 Å². The number of fused-ring (bicyclic) bond motifs is 1. The van der Waals surface area contributed by atoms with E-state index in [1.807, 2.05) is 0 Å². The second-order valence-corrected chi connectivity index (χ2v) is 7.59. The first-order chi connectivity index (χ1) is 11.4. The molecule has 3 rings (SSSR count). The van der Waals surface area contributed by atoms with Gasteiger partial charge in [-0.1, -0.05) is 24.3 Å². The van der Waals surface area contributed by atoms with Crippen LogP contribution in [0.25, 0.3) is 10.9 Å². The molecule has 1 aromatic heterocycles. The smallest absolute Gasteiger partial charge is 0.261 e. The Labute approximate surface area is 138 Å². The SMILES string of the molecule is CS(=O)(=O)c1ccc([C@@H](O)Cn2cnc3ccccc3c2=O)cc1. The molecule has 1 heterocycles. The third-order valence-corrected chi connectivity index (χ3v) is 4.92. The maximum absolute atomic E-state index is 12.4. The zero-order valence-corrected chi connectivity index (χ0v) is 13.8. The number of para-hydroxylation sites is 1. The Bertz CT molecular complexity index is 1040. The lowest BCUT2D eigenvalue weighted by atomic mass is 10.1. The van der Waals surface area contributed by atoms with Crippen molar-refractivity contribution in [3.63, 3.8) is 0 Å². The molecule has 0 aliphatic carbocycles. The summed E-state index contributed by atoms with van der Waals surface area (Å²) in [5.74, 6) is 0. The highest BCUT2D eigenvalue weighted by Crippen LogP contribution is 2.18. The van der Waals surface area contributed by atoms with Crippen molar-refractivity contribution in [1.29, 1.82) is 0 Å². The van der Waals surface area contributed by atoms with E-state index in [0.717, 1.165) is 6.26 Å². The topological polar surface area (TPSA) is 89.3 Å². The molecule has 2 aromatic carbocycles. The Morgan fingerprint density at radius 2 is 1.79 bits per heavy atom. The fourth-order valence-corrected chi connectivity index (χ4v) is 3.10. The number of aromatic nitrogens is 2. The minimum atomic E-state index is -3.28. The molecule has 0 bridgehead atoms. The van der Waals surface area contributed by atoms with Gasteiger partial charge in [-0.3, -0.25) is 9.36 Å². The molecular weight excluding hydrogens is 328 g/mol. The molecule has 7 heteroatoms. The van der Waals surface area contributed by atoms with Crippen molar-refractivity contribution in [2.45, 2.75) is 17.5 Å². The summed E-state index contributed by atoms with van der Waals surface area (Å²) in [5.41, 5.74) is 0.903. The molecule has 6 nitrogen and oxygen atoms in total. The van der Waals surface area contributed by atoms with Crippen LogP contribution in [0.3, 0.4) is 0 Å². The first-order valence-corrected chi connectivity index (χ1v) is 9.17. The maximum atomic E-state index is 12.4. The first kappa shape index (κ1) is 16.4. The quantitative estimate of drug-likeness (QED) is 0.775. The van der Waals surface area contributed by atoms with Crippen LogP contribution in [0, 0.1) is 0 Å². The van der Waals surface area contributed by atoms with Gasteiger partial charge in [0.25, 0.3) is 5.56 Å². The fourth-order valence-electron chi connectivity index (χ4n) is 2.47. The second-order valence-electron chi connectivity index (χ2n) is 5.58. The van der Waals surface area contributed by atoms with Crippen molar-refractivity contribution in [3.8, 4) is 0 Å². The lowest BCUT2D eigenvalue weighted by molar-refractivity contribution is 0.155. The van der Waals surface area contributed by atoms with E-state index < -0.39 is 15.9 Å². The van der Waals surface area contributed by atoms with E-state index in [-0.39, 0.29) is 17.0 Å². The number of benzene rings is 2. The summed E-state index contributed by atoms with van der Waals surface area (Å²) in [5, 5.41) is 10.8. The van der Waals surface area contributed by atoms with Crippen LogP contribution in [0.15, 0.2) is 64.5 Å². The molecule has 0 saturated heterocycles. The van der Waals surface area contributed by atoms with Gasteiger partial charge in [0.1, 0.15) is 0 Å². The van der Waals surface area contributed by atoms with Crippen molar-refractivity contribution in [1.82, 2.24) is 9.55 Å². The number of hydrogen-bond donors (Lipinski definition) is 1. The number of aliphatic hydroxyl groups is 1. The predicted octanol–water partition coefficient (Wildman–Crippen LogP) is 1.53. The van der Waals surface area contributed by atoms with E-state index >= 15 is 0 Å². The summed E-state index contributed by atoms with van der Waals surface area (Å²) >= 11 is 0. The zero-order valence-electron chi connectivity index (χ0n) is 13.0. The van der Waals surface area contributed by atoms with Gasteiger partial charge in [0.2, 0.25) is 0 Å². The predicted molar refractivity (Wildman–Crippen MR) is 90.5 cm³/mol. The summed E-state index contributed by atoms with van der Waals surface area (Å²) in [6, 6.07) is 13.0. The Morgan fingerprint density at radius 3 is 2.46 bits per heavy atom. The van der Waals surface area contributed by atoms with Gasteiger partial charge in [0.05, 0.1) is 34.8 Å². The number of aliphatic hydroxyl groups excluding tert-OH is 1. The molecule has 124 valence electrons. The molecule has 0 unspecified atom stereocenters. The monoisotopic (exact) mass is 344 g/mol. The molecule has 0 fully saturated rings. The lowest BCUT2D eigenvalue weighted by Gasteiger charge is -2.13. The average Bonchev–Trinajstić information content (AvgIpc) is 2.57. The van der Waals surface area contributed by atoms with E-state index in [4.69, 9.17) is 0 Å². The maximum Gasteiger partial charge on any atom is 0.261 e. The molecule has 1 N–H and O–H groups in total. The van der Waals surface area contributed by atoms with E-state index in [1.54, 1.807) is 36.4 Å². The summed E-state index contributed by atoms with van der Waals surface area (Å²) in [7, 11) is -3.28. The van der Waals surface area contributed by atoms with Gasteiger partial charge in [-0.25, -0.2) is 13.4 Å². The first-order valence-electron chi connectivity index (χ1n) is 7.28. The van der Waals surface area contributed by atoms with Gasteiger partial charge in [-0.05, 0) is 29.8 Å². The Kier molecular flexibility index (Phi) is 4.21. The lowest BCUT2D eigenvalue weighted by Crippen LogP contribution is -2.23. The van der Waals surface area contributed by atoms with Gasteiger partial charge in [-0.2, -0.15) is 0 Å². The number of nitrogens with zero attached hydrogens (tertiary/aromatic N) is 2. The largest absolute Gasteiger partial charge is 0.387 e. The van der Waals surface area contributed by atoms with Crippen LogP contribution in [0.1, 0.15) is 11.7 Å². The third-order valence-electron chi connectivity index (χ3n) is 3.79. The summed E-state index contributed by atoms with van der Waals surface area (Å²) in [6.45, 7) is 0.0366. The van der Waals surface area contributed by atoms with Crippen molar-refractivity contribution < 1.29 is 13.5 Å². The highest BCUT2D eigenvalue weighted by atomic mass is 32.2. The van der Waals surface area contributed by atoms with Crippen molar-refractivity contribution >= 4 is 20.7 Å². The molecule has 0 saturated carbocycles. The molecule has 0 aliphatic rings. The Balaban J connectivity index is 1.88. The number of rotatable bonds is 4. The van der Waals surface area contributed by atoms with Gasteiger partial charge >= 0.3 is 0 Å². The number of sulfone groups is 1. The third kappa shape index (κ3) is 3.22. The van der Waals surface area contributed by atoms with Crippen LogP contribution >= 0.6 is 0 Å². The van der Waals surface area contributed by atoms with E-state index in [2.05, 4.69) is 4.98 Å². The standard InChI is InChI=1S/C17H16N2O4S/c1-24(22,23)13-8-6-12(7-9-13)16(20)10-19-11-18-15-5-3-2-4-14(15)17(19)21/h2-9,11,16,20H,10H2,1H3/t16-/m0/s1. The average molecular weight is 344 g/mol. The second kappa shape index (κ2) is 6.18. The van der Waals surface area contributed by atoms with Gasteiger partial charge in [-0.15, -0.1) is 0 Å². The Morgan fingerprint density at radius 1 is 1.12 bits per heavy atom. The summed E-state index contributed by atoms with van der Waals surface area (Å²) in [6.07, 6.45) is 1.58. The highest BCUT2D eigenvalue weighted by Gasteiger charge is 2.13. The molecule has 0 amide bonds. The van der Waals surface area contributed by atoms with Crippen LogP contribution in [0.2, 0.25) is 0 Å². The minimum Gasteiger partial charge on any atom is -0.387 e. The van der Waals surface area contributed by atoms with Crippen LogP contribution in [0.4, 0.5) is 0 Å². The van der Waals surface area contributed by atoms with E-state index in [1.165, 1.54) is 23.0 Å². The number of hydrogen-bond acceptors (Lipinski definition) is 5. The van der Waals surface area contributed by atoms with Crippen LogP contribution in [-0.2, 0) is 16.4 Å². The van der Waals surface area contributed by atoms with Crippen molar-refractivity contribution in [3.05, 3.63) is 70.8 Å². The fraction of sp³-hybridized carbons (Fsp3) is 0.176. The molecule has 1 atom stereocenters. The van der Waals surface area contributed by atoms with Crippen LogP contribution in [0.5, 0.6) is 0 Å².